The second-order valence-corrected chi connectivity index (χ2v) is 3.74. The van der Waals surface area contributed by atoms with Crippen molar-refractivity contribution in [1.29, 1.82) is 0 Å². The monoisotopic (exact) mass is 285 g/mol. The van der Waals surface area contributed by atoms with Gasteiger partial charge in [-0.1, -0.05) is 21.2 Å². The zero-order valence-electron chi connectivity index (χ0n) is 8.81. The van der Waals surface area contributed by atoms with Gasteiger partial charge in [-0.25, -0.2) is 4.79 Å². The van der Waals surface area contributed by atoms with Crippen molar-refractivity contribution in [1.82, 2.24) is 0 Å². The molecule has 6 heteroatoms. The molecule has 86 valence electrons. The molecule has 1 rings (SSSR count). The van der Waals surface area contributed by atoms with Crippen molar-refractivity contribution in [3.05, 3.63) is 28.7 Å². The van der Waals surface area contributed by atoms with Gasteiger partial charge in [-0.2, -0.15) is 5.11 Å². The fourth-order valence-corrected chi connectivity index (χ4v) is 1.18. The average Bonchev–Trinajstić information content (AvgIpc) is 2.27. The third kappa shape index (κ3) is 4.88. The number of esters is 1. The minimum absolute atomic E-state index is 0.0721. The Hall–Kier alpha value is -1.43. The molecule has 0 amide bonds. The topological polar surface area (TPSA) is 63.0 Å². The first kappa shape index (κ1) is 12.6. The zero-order chi connectivity index (χ0) is 11.8. The smallest absolute Gasteiger partial charge is 0.329 e. The van der Waals surface area contributed by atoms with E-state index in [1.165, 1.54) is 0 Å². The first-order chi connectivity index (χ1) is 7.72. The van der Waals surface area contributed by atoms with E-state index in [9.17, 15) is 4.79 Å². The standard InChI is InChI=1S/C10H12BrN3O2/c1-2-16-10(15)7-12-14-13-9-5-3-8(11)4-6-9/h3-6H,2,7H2,1H3,(H,12,13). The number of anilines is 1. The van der Waals surface area contributed by atoms with Gasteiger partial charge in [0.1, 0.15) is 0 Å². The number of carbonyl (C=O) groups excluding carboxylic acids is 1. The number of ether oxygens (including phenoxy) is 1. The molecule has 0 radical (unpaired) electrons. The van der Waals surface area contributed by atoms with Crippen LogP contribution < -0.4 is 5.43 Å². The highest BCUT2D eigenvalue weighted by atomic mass is 79.9. The Bertz CT molecular complexity index is 365. The first-order valence-corrected chi connectivity index (χ1v) is 5.55. The van der Waals surface area contributed by atoms with E-state index in [4.69, 9.17) is 0 Å². The highest BCUT2D eigenvalue weighted by Crippen LogP contribution is 2.13. The molecule has 0 aliphatic heterocycles. The van der Waals surface area contributed by atoms with Crippen LogP contribution in [0.2, 0.25) is 0 Å². The molecule has 0 saturated heterocycles. The summed E-state index contributed by atoms with van der Waals surface area (Å²) in [5.74, 6) is -0.385. The van der Waals surface area contributed by atoms with Gasteiger partial charge in [0.2, 0.25) is 0 Å². The van der Waals surface area contributed by atoms with E-state index in [2.05, 4.69) is 36.4 Å². The lowest BCUT2D eigenvalue weighted by Crippen LogP contribution is -2.07. The molecule has 0 bridgehead atoms. The lowest BCUT2D eigenvalue weighted by atomic mass is 10.3. The second kappa shape index (κ2) is 6.95. The summed E-state index contributed by atoms with van der Waals surface area (Å²) in [5, 5.41) is 7.29. The second-order valence-electron chi connectivity index (χ2n) is 2.82. The van der Waals surface area contributed by atoms with Crippen LogP contribution in [0.3, 0.4) is 0 Å². The maximum absolute atomic E-state index is 10.9. The quantitative estimate of drug-likeness (QED) is 0.514. The molecule has 5 nitrogen and oxygen atoms in total. The van der Waals surface area contributed by atoms with Gasteiger partial charge < -0.3 is 4.74 Å². The summed E-state index contributed by atoms with van der Waals surface area (Å²) in [6.07, 6.45) is 0. The molecular weight excluding hydrogens is 274 g/mol. The van der Waals surface area contributed by atoms with Crippen LogP contribution >= 0.6 is 15.9 Å². The van der Waals surface area contributed by atoms with Crippen LogP contribution in [0.4, 0.5) is 5.69 Å². The molecule has 0 fully saturated rings. The summed E-state index contributed by atoms with van der Waals surface area (Å²) in [5.41, 5.74) is 3.50. The zero-order valence-corrected chi connectivity index (χ0v) is 10.4. The number of hydrogen-bond acceptors (Lipinski definition) is 4. The Balaban J connectivity index is 2.31. The van der Waals surface area contributed by atoms with E-state index < -0.39 is 0 Å². The molecule has 0 atom stereocenters. The molecule has 0 unspecified atom stereocenters. The number of nitrogens with zero attached hydrogens (tertiary/aromatic N) is 2. The largest absolute Gasteiger partial charge is 0.465 e. The maximum atomic E-state index is 10.9. The van der Waals surface area contributed by atoms with Gasteiger partial charge in [0.05, 0.1) is 12.3 Å². The summed E-state index contributed by atoms with van der Waals surface area (Å²) in [6.45, 7) is 2.03. The lowest BCUT2D eigenvalue weighted by molar-refractivity contribution is -0.141. The fourth-order valence-electron chi connectivity index (χ4n) is 0.917. The van der Waals surface area contributed by atoms with Gasteiger partial charge in [-0.15, -0.1) is 0 Å². The number of hydrogen-bond donors (Lipinski definition) is 1. The van der Waals surface area contributed by atoms with Gasteiger partial charge in [0, 0.05) is 4.47 Å². The minimum atomic E-state index is -0.385. The van der Waals surface area contributed by atoms with Crippen LogP contribution in [0.5, 0.6) is 0 Å². The van der Waals surface area contributed by atoms with Crippen LogP contribution in [0.25, 0.3) is 0 Å². The van der Waals surface area contributed by atoms with Crippen molar-refractivity contribution < 1.29 is 9.53 Å². The Labute approximate surface area is 102 Å². The van der Waals surface area contributed by atoms with Crippen molar-refractivity contribution >= 4 is 27.6 Å². The molecule has 0 heterocycles. The molecule has 16 heavy (non-hydrogen) atoms. The molecule has 0 spiro atoms. The third-order valence-electron chi connectivity index (χ3n) is 1.60. The molecule has 0 aliphatic carbocycles. The molecule has 1 N–H and O–H groups in total. The molecule has 0 saturated carbocycles. The van der Waals surface area contributed by atoms with Crippen LogP contribution in [-0.4, -0.2) is 19.1 Å². The Morgan fingerprint density at radius 1 is 1.44 bits per heavy atom. The minimum Gasteiger partial charge on any atom is -0.465 e. The van der Waals surface area contributed by atoms with Gasteiger partial charge >= 0.3 is 5.97 Å². The maximum Gasteiger partial charge on any atom is 0.329 e. The molecule has 1 aromatic rings. The Morgan fingerprint density at radius 3 is 2.75 bits per heavy atom. The number of halogens is 1. The highest BCUT2D eigenvalue weighted by Gasteiger charge is 1.97. The van der Waals surface area contributed by atoms with Crippen LogP contribution in [0.15, 0.2) is 39.1 Å². The van der Waals surface area contributed by atoms with Crippen LogP contribution in [0.1, 0.15) is 6.92 Å². The van der Waals surface area contributed by atoms with E-state index in [1.54, 1.807) is 6.92 Å². The summed E-state index contributed by atoms with van der Waals surface area (Å²) in [6, 6.07) is 7.44. The van der Waals surface area contributed by atoms with Crippen molar-refractivity contribution in [2.75, 3.05) is 18.6 Å². The van der Waals surface area contributed by atoms with Crippen LogP contribution in [0, 0.1) is 0 Å². The fraction of sp³-hybridized carbons (Fsp3) is 0.300. The van der Waals surface area contributed by atoms with Crippen LogP contribution in [-0.2, 0) is 9.53 Å². The van der Waals surface area contributed by atoms with E-state index in [0.29, 0.717) is 6.61 Å². The first-order valence-electron chi connectivity index (χ1n) is 4.76. The molecular formula is C10H12BrN3O2. The summed E-state index contributed by atoms with van der Waals surface area (Å²) < 4.78 is 5.67. The number of carbonyl (C=O) groups is 1. The van der Waals surface area contributed by atoms with E-state index in [0.717, 1.165) is 10.2 Å². The number of nitrogens with one attached hydrogen (secondary N) is 1. The summed E-state index contributed by atoms with van der Waals surface area (Å²) in [7, 11) is 0. The normalized spacial score (nSPS) is 10.4. The number of benzene rings is 1. The lowest BCUT2D eigenvalue weighted by Gasteiger charge is -1.99. The predicted molar refractivity (Wildman–Crippen MR) is 64.1 cm³/mol. The van der Waals surface area contributed by atoms with E-state index in [-0.39, 0.29) is 12.5 Å². The van der Waals surface area contributed by atoms with Crippen molar-refractivity contribution in [3.8, 4) is 0 Å². The van der Waals surface area contributed by atoms with Gasteiger partial charge in [0.15, 0.2) is 6.54 Å². The number of rotatable bonds is 5. The molecule has 0 aliphatic rings. The van der Waals surface area contributed by atoms with E-state index in [1.807, 2.05) is 24.3 Å². The van der Waals surface area contributed by atoms with Crippen molar-refractivity contribution in [3.63, 3.8) is 0 Å². The molecule has 1 aromatic carbocycles. The predicted octanol–water partition coefficient (Wildman–Crippen LogP) is 2.79. The van der Waals surface area contributed by atoms with Gasteiger partial charge in [0.25, 0.3) is 0 Å². The average molecular weight is 286 g/mol. The van der Waals surface area contributed by atoms with Gasteiger partial charge in [-0.05, 0) is 31.2 Å². The SMILES string of the molecule is CCOC(=O)CN=NNc1ccc(Br)cc1. The van der Waals surface area contributed by atoms with Crippen molar-refractivity contribution in [2.45, 2.75) is 6.92 Å². The molecule has 0 aromatic heterocycles. The van der Waals surface area contributed by atoms with E-state index >= 15 is 0 Å². The summed E-state index contributed by atoms with van der Waals surface area (Å²) in [4.78, 5) is 10.9. The Morgan fingerprint density at radius 2 is 2.12 bits per heavy atom. The Kier molecular flexibility index (Phi) is 5.49. The summed E-state index contributed by atoms with van der Waals surface area (Å²) >= 11 is 3.32. The highest BCUT2D eigenvalue weighted by molar-refractivity contribution is 9.10. The third-order valence-corrected chi connectivity index (χ3v) is 2.13. The van der Waals surface area contributed by atoms with Crippen molar-refractivity contribution in [2.24, 2.45) is 10.3 Å². The van der Waals surface area contributed by atoms with Gasteiger partial charge in [-0.3, -0.25) is 5.43 Å².